The molecule has 6 N–H and O–H groups in total. The van der Waals surface area contributed by atoms with Crippen LogP contribution in [0, 0.1) is 5.82 Å². The lowest BCUT2D eigenvalue weighted by Gasteiger charge is -2.50. The molecule has 1 fully saturated rings. The van der Waals surface area contributed by atoms with Crippen molar-refractivity contribution in [3.8, 4) is 11.5 Å². The number of amides is 2. The van der Waals surface area contributed by atoms with Gasteiger partial charge in [-0.1, -0.05) is 23.4 Å². The first-order valence-corrected chi connectivity index (χ1v) is 16.5. The fourth-order valence-corrected chi connectivity index (χ4v) is 7.50. The molecule has 2 aliphatic rings. The second-order valence-electron chi connectivity index (χ2n) is 10.9. The number of para-hydroxylation sites is 1. The minimum Gasteiger partial charge on any atom is -0.543 e. The van der Waals surface area contributed by atoms with Crippen LogP contribution in [0.1, 0.15) is 11.3 Å². The average Bonchev–Trinajstić information content (AvgIpc) is 3.54. The number of rotatable bonds is 11. The molecule has 1 saturated heterocycles. The standard InChI is InChI=1S/C32H25FN6O9S2/c33-19-10-9-18(25(41)26(19)42)32(30(46)47,21-15-50-31(34)36-21)48-35-13-22(40)37-23-27(43)39-24(29(44)45)17(14-49-28(23)39)7-4-12-38-11-3-6-16-5-1-2-8-20(16)38/h1-11,13,15,23,28H,12,14H2,(H6-,34,35,36,37,40,41,42,44,45,46,47). The quantitative estimate of drug-likeness (QED) is 0.0474. The molecule has 0 radical (unpaired) electrons. The Balaban J connectivity index is 1.17. The number of allylic oxidation sites excluding steroid dienone is 2. The van der Waals surface area contributed by atoms with Gasteiger partial charge in [0.1, 0.15) is 23.3 Å². The summed E-state index contributed by atoms with van der Waals surface area (Å²) in [4.78, 5) is 60.9. The highest BCUT2D eigenvalue weighted by Gasteiger charge is 2.53. The molecule has 2 aliphatic heterocycles. The van der Waals surface area contributed by atoms with Gasteiger partial charge in [-0.3, -0.25) is 14.5 Å². The van der Waals surface area contributed by atoms with Crippen LogP contribution in [0.5, 0.6) is 11.5 Å². The van der Waals surface area contributed by atoms with Gasteiger partial charge in [0.15, 0.2) is 35.2 Å². The van der Waals surface area contributed by atoms with E-state index in [1.165, 1.54) is 11.8 Å². The van der Waals surface area contributed by atoms with E-state index in [4.69, 9.17) is 10.6 Å². The van der Waals surface area contributed by atoms with Gasteiger partial charge in [-0.2, -0.15) is 4.57 Å². The lowest BCUT2D eigenvalue weighted by molar-refractivity contribution is -0.661. The van der Waals surface area contributed by atoms with Crippen molar-refractivity contribution in [2.45, 2.75) is 23.6 Å². The number of fused-ring (bicyclic) bond motifs is 2. The Bertz CT molecular complexity index is 2150. The van der Waals surface area contributed by atoms with Gasteiger partial charge in [0.05, 0.1) is 17.2 Å². The number of aromatic nitrogens is 2. The van der Waals surface area contributed by atoms with Gasteiger partial charge < -0.3 is 41.1 Å². The number of thiazole rings is 1. The van der Waals surface area contributed by atoms with Crippen molar-refractivity contribution in [2.75, 3.05) is 11.5 Å². The van der Waals surface area contributed by atoms with E-state index in [-0.39, 0.29) is 16.6 Å². The van der Waals surface area contributed by atoms with Crippen LogP contribution in [0.15, 0.2) is 88.7 Å². The average molecular weight is 721 g/mol. The number of carbonyl (C=O) groups excluding carboxylic acids is 3. The van der Waals surface area contributed by atoms with Crippen molar-refractivity contribution in [3.63, 3.8) is 0 Å². The lowest BCUT2D eigenvalue weighted by Crippen LogP contribution is -2.71. The first kappa shape index (κ1) is 33.9. The molecular formula is C32H25FN6O9S2. The van der Waals surface area contributed by atoms with E-state index in [2.05, 4.69) is 15.5 Å². The first-order valence-electron chi connectivity index (χ1n) is 14.5. The number of carboxylic acid groups (broad SMARTS) is 2. The number of aromatic hydroxyl groups is 2. The van der Waals surface area contributed by atoms with Crippen LogP contribution in [0.2, 0.25) is 0 Å². The van der Waals surface area contributed by atoms with Crippen LogP contribution in [-0.4, -0.2) is 72.3 Å². The number of benzene rings is 2. The van der Waals surface area contributed by atoms with Crippen LogP contribution in [0.3, 0.4) is 0 Å². The number of pyridine rings is 1. The maximum absolute atomic E-state index is 13.9. The fraction of sp³-hybridized carbons (Fsp3) is 0.156. The molecule has 4 heterocycles. The minimum atomic E-state index is -2.81. The lowest BCUT2D eigenvalue weighted by atomic mass is 9.89. The summed E-state index contributed by atoms with van der Waals surface area (Å²) in [6, 6.07) is 12.0. The molecule has 6 rings (SSSR count). The third kappa shape index (κ3) is 5.94. The third-order valence-electron chi connectivity index (χ3n) is 7.92. The summed E-state index contributed by atoms with van der Waals surface area (Å²) in [6.07, 6.45) is 5.79. The summed E-state index contributed by atoms with van der Waals surface area (Å²) in [5.41, 5.74) is 2.76. The van der Waals surface area contributed by atoms with E-state index in [9.17, 15) is 44.0 Å². The minimum absolute atomic E-state index is 0.105. The summed E-state index contributed by atoms with van der Waals surface area (Å²) in [6.45, 7) is 0.425. The Morgan fingerprint density at radius 1 is 1.20 bits per heavy atom. The topological polar surface area (TPSA) is 232 Å². The number of nitrogen functional groups attached to an aromatic ring is 1. The Morgan fingerprint density at radius 2 is 1.96 bits per heavy atom. The van der Waals surface area contributed by atoms with Gasteiger partial charge in [0.2, 0.25) is 5.52 Å². The number of nitrogens with one attached hydrogen (secondary N) is 1. The number of β-lactam (4-membered cyclic amide) rings is 1. The number of hydrogen-bond acceptors (Lipinski definition) is 13. The summed E-state index contributed by atoms with van der Waals surface area (Å²) >= 11 is 2.01. The molecule has 3 atom stereocenters. The Labute approximate surface area is 289 Å². The normalized spacial score (nSPS) is 18.6. The number of phenols is 2. The van der Waals surface area contributed by atoms with Gasteiger partial charge in [-0.05, 0) is 35.9 Å². The van der Waals surface area contributed by atoms with Gasteiger partial charge in [0.25, 0.3) is 11.8 Å². The second-order valence-corrected chi connectivity index (χ2v) is 12.8. The molecule has 50 heavy (non-hydrogen) atoms. The summed E-state index contributed by atoms with van der Waals surface area (Å²) in [5.74, 6) is -8.68. The number of phenolic OH excluding ortho intramolecular Hbond substituents is 2. The van der Waals surface area contributed by atoms with Crippen molar-refractivity contribution in [3.05, 3.63) is 101 Å². The largest absolute Gasteiger partial charge is 0.543 e. The maximum atomic E-state index is 13.9. The zero-order valence-electron chi connectivity index (χ0n) is 25.4. The molecule has 3 unspecified atom stereocenters. The van der Waals surface area contributed by atoms with Gasteiger partial charge in [-0.15, -0.1) is 23.1 Å². The molecule has 0 saturated carbocycles. The number of nitrogens with zero attached hydrogens (tertiary/aromatic N) is 4. The van der Waals surface area contributed by atoms with Crippen LogP contribution < -0.4 is 20.7 Å². The predicted octanol–water partition coefficient (Wildman–Crippen LogP) is 0.707. The molecule has 15 nitrogen and oxygen atoms in total. The van der Waals surface area contributed by atoms with Crippen molar-refractivity contribution >= 4 is 69.1 Å². The second kappa shape index (κ2) is 13.5. The molecule has 0 aliphatic carbocycles. The number of carbonyl (C=O) groups is 4. The van der Waals surface area contributed by atoms with E-state index in [0.717, 1.165) is 38.6 Å². The maximum Gasteiger partial charge on any atom is 0.362 e. The third-order valence-corrected chi connectivity index (χ3v) is 9.90. The fourth-order valence-electron chi connectivity index (χ4n) is 5.58. The molecule has 0 spiro atoms. The van der Waals surface area contributed by atoms with Gasteiger partial charge >= 0.3 is 11.6 Å². The molecule has 0 bridgehead atoms. The number of oxime groups is 1. The summed E-state index contributed by atoms with van der Waals surface area (Å²) in [5, 5.41) is 49.9. The first-order chi connectivity index (χ1) is 23.9. The van der Waals surface area contributed by atoms with Gasteiger partial charge in [0, 0.05) is 28.7 Å². The number of hydrogen-bond donors (Lipinski definition) is 5. The number of nitrogens with two attached hydrogens (primary N) is 1. The molecule has 4 aromatic rings. The number of aliphatic carboxylic acids is 2. The van der Waals surface area contributed by atoms with Crippen molar-refractivity contribution < 1.29 is 53.4 Å². The Hall–Kier alpha value is -6.01. The molecular weight excluding hydrogens is 696 g/mol. The number of halogens is 1. The highest BCUT2D eigenvalue weighted by molar-refractivity contribution is 8.00. The van der Waals surface area contributed by atoms with E-state index < -0.39 is 69.3 Å². The van der Waals surface area contributed by atoms with E-state index in [1.807, 2.05) is 47.2 Å². The van der Waals surface area contributed by atoms with Crippen LogP contribution in [0.4, 0.5) is 9.52 Å². The SMILES string of the molecule is Nc1nc(C(ON=CC(=O)NC2C(=O)N3C(C(=O)[O-])=C(C=CC[n+]4cccc5ccccc54)CSC23)(C(=O)O)c2ccc(F)c(O)c2O)cs1. The zero-order chi connectivity index (χ0) is 35.7. The monoisotopic (exact) mass is 720 g/mol. The van der Waals surface area contributed by atoms with E-state index in [0.29, 0.717) is 24.4 Å². The van der Waals surface area contributed by atoms with E-state index >= 15 is 0 Å². The Morgan fingerprint density at radius 3 is 2.68 bits per heavy atom. The van der Waals surface area contributed by atoms with Gasteiger partial charge in [-0.25, -0.2) is 14.2 Å². The number of anilines is 1. The highest BCUT2D eigenvalue weighted by atomic mass is 32.2. The predicted molar refractivity (Wildman–Crippen MR) is 175 cm³/mol. The molecule has 2 amide bonds. The van der Waals surface area contributed by atoms with E-state index in [1.54, 1.807) is 12.2 Å². The van der Waals surface area contributed by atoms with Crippen LogP contribution >= 0.6 is 23.1 Å². The smallest absolute Gasteiger partial charge is 0.362 e. The molecule has 2 aromatic heterocycles. The molecule has 18 heteroatoms. The number of carboxylic acids is 2. The zero-order valence-corrected chi connectivity index (χ0v) is 27.1. The molecule has 256 valence electrons. The molecule has 2 aromatic carbocycles. The van der Waals surface area contributed by atoms with Crippen LogP contribution in [0.25, 0.3) is 10.9 Å². The van der Waals surface area contributed by atoms with Crippen molar-refractivity contribution in [1.29, 1.82) is 0 Å². The van der Waals surface area contributed by atoms with Crippen molar-refractivity contribution in [2.24, 2.45) is 5.16 Å². The van der Waals surface area contributed by atoms with Crippen LogP contribution in [-0.2, 0) is 36.2 Å². The number of thioether (sulfide) groups is 1. The van der Waals surface area contributed by atoms with Crippen molar-refractivity contribution in [1.82, 2.24) is 15.2 Å². The summed E-state index contributed by atoms with van der Waals surface area (Å²) in [7, 11) is 0. The Kier molecular flexibility index (Phi) is 9.13. The summed E-state index contributed by atoms with van der Waals surface area (Å²) < 4.78 is 15.9. The highest BCUT2D eigenvalue weighted by Crippen LogP contribution is 2.44.